The number of nitrogens with one attached hydrogen (secondary N) is 1. The number of nitriles is 1. The van der Waals surface area contributed by atoms with Crippen LogP contribution in [0.25, 0.3) is 6.08 Å². The monoisotopic (exact) mass is 426 g/mol. The van der Waals surface area contributed by atoms with Crippen LogP contribution in [0.4, 0.5) is 5.69 Å². The van der Waals surface area contributed by atoms with Crippen LogP contribution >= 0.6 is 0 Å². The first-order valence-electron chi connectivity index (χ1n) is 10.4. The average Bonchev–Trinajstić information content (AvgIpc) is 2.80. The molecule has 5 heteroatoms. The largest absolute Gasteiger partial charge is 0.490 e. The van der Waals surface area contributed by atoms with E-state index in [1.165, 1.54) is 0 Å². The molecule has 0 aromatic heterocycles. The minimum absolute atomic E-state index is 0.00746. The van der Waals surface area contributed by atoms with E-state index < -0.39 is 5.91 Å². The van der Waals surface area contributed by atoms with Gasteiger partial charge in [-0.2, -0.15) is 5.26 Å². The molecule has 3 rings (SSSR count). The molecule has 0 unspecified atom stereocenters. The minimum atomic E-state index is -0.452. The SMILES string of the molecule is CCOc1cc(C=C(C#N)C(=O)Nc2c(C)cccc2C)ccc1OCc1ccccc1. The molecule has 0 aliphatic heterocycles. The third-order valence-electron chi connectivity index (χ3n) is 4.90. The molecule has 0 fully saturated rings. The summed E-state index contributed by atoms with van der Waals surface area (Å²) >= 11 is 0. The molecule has 1 N–H and O–H groups in total. The highest BCUT2D eigenvalue weighted by molar-refractivity contribution is 6.10. The Labute approximate surface area is 188 Å². The van der Waals surface area contributed by atoms with Crippen molar-refractivity contribution >= 4 is 17.7 Å². The molecule has 0 radical (unpaired) electrons. The lowest BCUT2D eigenvalue weighted by molar-refractivity contribution is -0.112. The third kappa shape index (κ3) is 5.77. The predicted octanol–water partition coefficient (Wildman–Crippen LogP) is 5.83. The zero-order chi connectivity index (χ0) is 22.9. The molecule has 0 saturated carbocycles. The average molecular weight is 427 g/mol. The van der Waals surface area contributed by atoms with Gasteiger partial charge in [0, 0.05) is 5.69 Å². The first-order chi connectivity index (χ1) is 15.5. The molecule has 0 bridgehead atoms. The molecule has 0 spiro atoms. The van der Waals surface area contributed by atoms with Crippen molar-refractivity contribution in [3.63, 3.8) is 0 Å². The van der Waals surface area contributed by atoms with Gasteiger partial charge in [0.05, 0.1) is 6.61 Å². The van der Waals surface area contributed by atoms with Gasteiger partial charge >= 0.3 is 0 Å². The second-order valence-corrected chi connectivity index (χ2v) is 7.30. The number of nitrogens with zero attached hydrogens (tertiary/aromatic N) is 1. The summed E-state index contributed by atoms with van der Waals surface area (Å²) in [5.74, 6) is 0.711. The molecule has 0 aliphatic rings. The highest BCUT2D eigenvalue weighted by Gasteiger charge is 2.13. The van der Waals surface area contributed by atoms with E-state index in [0.717, 1.165) is 22.4 Å². The lowest BCUT2D eigenvalue weighted by Crippen LogP contribution is -2.15. The van der Waals surface area contributed by atoms with Crippen molar-refractivity contribution < 1.29 is 14.3 Å². The summed E-state index contributed by atoms with van der Waals surface area (Å²) in [4.78, 5) is 12.7. The molecular weight excluding hydrogens is 400 g/mol. The molecule has 1 amide bonds. The zero-order valence-electron chi connectivity index (χ0n) is 18.5. The van der Waals surface area contributed by atoms with E-state index in [4.69, 9.17) is 9.47 Å². The fraction of sp³-hybridized carbons (Fsp3) is 0.185. The van der Waals surface area contributed by atoms with Crippen molar-refractivity contribution in [3.05, 3.63) is 94.6 Å². The summed E-state index contributed by atoms with van der Waals surface area (Å²) in [5, 5.41) is 12.4. The van der Waals surface area contributed by atoms with Crippen LogP contribution in [0.5, 0.6) is 11.5 Å². The smallest absolute Gasteiger partial charge is 0.266 e. The van der Waals surface area contributed by atoms with Gasteiger partial charge in [-0.15, -0.1) is 0 Å². The lowest BCUT2D eigenvalue weighted by atomic mass is 10.1. The Morgan fingerprint density at radius 1 is 0.969 bits per heavy atom. The van der Waals surface area contributed by atoms with Crippen LogP contribution in [-0.4, -0.2) is 12.5 Å². The number of rotatable bonds is 8. The first kappa shape index (κ1) is 22.6. The number of para-hydroxylation sites is 1. The van der Waals surface area contributed by atoms with Crippen molar-refractivity contribution in [1.82, 2.24) is 0 Å². The van der Waals surface area contributed by atoms with E-state index in [9.17, 15) is 10.1 Å². The number of aryl methyl sites for hydroxylation is 2. The van der Waals surface area contributed by atoms with Gasteiger partial charge in [0.15, 0.2) is 11.5 Å². The maximum atomic E-state index is 12.7. The molecule has 3 aromatic carbocycles. The highest BCUT2D eigenvalue weighted by atomic mass is 16.5. The van der Waals surface area contributed by atoms with Crippen LogP contribution in [0, 0.1) is 25.2 Å². The van der Waals surface area contributed by atoms with Crippen LogP contribution in [0.15, 0.2) is 72.3 Å². The van der Waals surface area contributed by atoms with Gasteiger partial charge in [0.25, 0.3) is 5.91 Å². The molecule has 32 heavy (non-hydrogen) atoms. The van der Waals surface area contributed by atoms with Gasteiger partial charge in [-0.05, 0) is 61.2 Å². The Morgan fingerprint density at radius 3 is 2.34 bits per heavy atom. The summed E-state index contributed by atoms with van der Waals surface area (Å²) in [5.41, 5.74) is 4.33. The standard InChI is InChI=1S/C27H26N2O3/c1-4-31-25-16-22(13-14-24(25)32-18-21-11-6-5-7-12-21)15-23(17-28)27(30)29-26-19(2)9-8-10-20(26)3/h5-16H,4,18H2,1-3H3,(H,29,30). The first-order valence-corrected chi connectivity index (χ1v) is 10.4. The number of anilines is 1. The van der Waals surface area contributed by atoms with Crippen molar-refractivity contribution in [1.29, 1.82) is 5.26 Å². The molecule has 162 valence electrons. The van der Waals surface area contributed by atoms with Gasteiger partial charge in [0.1, 0.15) is 18.2 Å². The van der Waals surface area contributed by atoms with Crippen LogP contribution in [0.3, 0.4) is 0 Å². The number of carbonyl (C=O) groups is 1. The Hall–Kier alpha value is -4.04. The predicted molar refractivity (Wildman–Crippen MR) is 127 cm³/mol. The lowest BCUT2D eigenvalue weighted by Gasteiger charge is -2.13. The summed E-state index contributed by atoms with van der Waals surface area (Å²) < 4.78 is 11.7. The molecule has 3 aromatic rings. The normalized spacial score (nSPS) is 10.9. The molecular formula is C27H26N2O3. The number of benzene rings is 3. The highest BCUT2D eigenvalue weighted by Crippen LogP contribution is 2.30. The molecule has 0 heterocycles. The Balaban J connectivity index is 1.81. The topological polar surface area (TPSA) is 71.3 Å². The summed E-state index contributed by atoms with van der Waals surface area (Å²) in [6.07, 6.45) is 1.55. The van der Waals surface area contributed by atoms with Crippen LogP contribution < -0.4 is 14.8 Å². The fourth-order valence-corrected chi connectivity index (χ4v) is 3.25. The van der Waals surface area contributed by atoms with Gasteiger partial charge < -0.3 is 14.8 Å². The number of hydrogen-bond donors (Lipinski definition) is 1. The summed E-state index contributed by atoms with van der Waals surface area (Å²) in [7, 11) is 0. The van der Waals surface area contributed by atoms with E-state index in [0.29, 0.717) is 30.3 Å². The molecule has 0 saturated heterocycles. The quantitative estimate of drug-likeness (QED) is 0.363. The van der Waals surface area contributed by atoms with Gasteiger partial charge in [-0.25, -0.2) is 0 Å². The Bertz CT molecular complexity index is 1140. The van der Waals surface area contributed by atoms with Crippen molar-refractivity contribution in [3.8, 4) is 17.6 Å². The number of hydrogen-bond acceptors (Lipinski definition) is 4. The Kier molecular flexibility index (Phi) is 7.66. The number of amides is 1. The van der Waals surface area contributed by atoms with Crippen molar-refractivity contribution in [2.24, 2.45) is 0 Å². The number of ether oxygens (including phenoxy) is 2. The van der Waals surface area contributed by atoms with Crippen LogP contribution in [-0.2, 0) is 11.4 Å². The van der Waals surface area contributed by atoms with E-state index in [-0.39, 0.29) is 5.57 Å². The zero-order valence-corrected chi connectivity index (χ0v) is 18.5. The van der Waals surface area contributed by atoms with E-state index in [2.05, 4.69) is 5.32 Å². The Morgan fingerprint density at radius 2 is 1.69 bits per heavy atom. The molecule has 0 atom stereocenters. The van der Waals surface area contributed by atoms with Gasteiger partial charge in [-0.3, -0.25) is 4.79 Å². The maximum Gasteiger partial charge on any atom is 0.266 e. The summed E-state index contributed by atoms with van der Waals surface area (Å²) in [6.45, 7) is 6.61. The van der Waals surface area contributed by atoms with Crippen LogP contribution in [0.2, 0.25) is 0 Å². The second kappa shape index (κ2) is 10.8. The second-order valence-electron chi connectivity index (χ2n) is 7.30. The van der Waals surface area contributed by atoms with Crippen LogP contribution in [0.1, 0.15) is 29.2 Å². The minimum Gasteiger partial charge on any atom is -0.490 e. The third-order valence-corrected chi connectivity index (χ3v) is 4.90. The van der Waals surface area contributed by atoms with E-state index in [1.54, 1.807) is 24.3 Å². The van der Waals surface area contributed by atoms with Crippen molar-refractivity contribution in [2.45, 2.75) is 27.4 Å². The van der Waals surface area contributed by atoms with E-state index >= 15 is 0 Å². The summed E-state index contributed by atoms with van der Waals surface area (Å²) in [6, 6.07) is 23.0. The molecule has 0 aliphatic carbocycles. The van der Waals surface area contributed by atoms with Gasteiger partial charge in [-0.1, -0.05) is 54.6 Å². The van der Waals surface area contributed by atoms with E-state index in [1.807, 2.05) is 75.4 Å². The fourth-order valence-electron chi connectivity index (χ4n) is 3.25. The van der Waals surface area contributed by atoms with Gasteiger partial charge in [0.2, 0.25) is 0 Å². The van der Waals surface area contributed by atoms with Crippen molar-refractivity contribution in [2.75, 3.05) is 11.9 Å². The number of carbonyl (C=O) groups excluding carboxylic acids is 1. The maximum absolute atomic E-state index is 12.7. The molecule has 5 nitrogen and oxygen atoms in total.